The molecule has 4 atom stereocenters. The molecule has 0 spiro atoms. The van der Waals surface area contributed by atoms with Crippen LogP contribution in [0.2, 0.25) is 5.54 Å². The van der Waals surface area contributed by atoms with E-state index < -0.39 is 26.6 Å². The Morgan fingerprint density at radius 2 is 2.06 bits per heavy atom. The molecule has 0 aromatic carbocycles. The predicted molar refractivity (Wildman–Crippen MR) is 131 cm³/mol. The fourth-order valence-electron chi connectivity index (χ4n) is 6.01. The highest BCUT2D eigenvalue weighted by Gasteiger charge is 2.53. The Labute approximate surface area is 200 Å². The Morgan fingerprint density at radius 1 is 1.35 bits per heavy atom. The first-order valence-electron chi connectivity index (χ1n) is 11.3. The van der Waals surface area contributed by atoms with Crippen molar-refractivity contribution in [2.24, 2.45) is 17.3 Å². The molecule has 5 rings (SSSR count). The highest BCUT2D eigenvalue weighted by Crippen LogP contribution is 2.63. The van der Waals surface area contributed by atoms with Crippen LogP contribution >= 0.6 is 22.6 Å². The Hall–Kier alpha value is -1.11. The molecule has 0 radical (unpaired) electrons. The summed E-state index contributed by atoms with van der Waals surface area (Å²) in [5, 5.41) is 10.9. The van der Waals surface area contributed by atoms with Crippen molar-refractivity contribution in [2.45, 2.75) is 83.6 Å². The van der Waals surface area contributed by atoms with Gasteiger partial charge >= 0.3 is 5.97 Å². The number of cyclic esters (lactones) is 1. The zero-order chi connectivity index (χ0) is 22.8. The zero-order valence-corrected chi connectivity index (χ0v) is 22.6. The van der Waals surface area contributed by atoms with Gasteiger partial charge in [-0.2, -0.15) is 0 Å². The van der Waals surface area contributed by atoms with Crippen molar-refractivity contribution in [3.63, 3.8) is 0 Å². The molecule has 168 valence electrons. The zero-order valence-electron chi connectivity index (χ0n) is 19.0. The predicted octanol–water partition coefficient (Wildman–Crippen LogP) is 3.22. The van der Waals surface area contributed by atoms with Gasteiger partial charge in [-0.25, -0.2) is 4.79 Å². The normalized spacial score (nSPS) is 31.5. The maximum Gasteiger partial charge on any atom is 0.343 e. The number of esters is 1. The van der Waals surface area contributed by atoms with Gasteiger partial charge in [0.25, 0.3) is 5.56 Å². The lowest BCUT2D eigenvalue weighted by Crippen LogP contribution is -2.51. The van der Waals surface area contributed by atoms with Crippen molar-refractivity contribution in [3.8, 4) is 11.5 Å². The van der Waals surface area contributed by atoms with E-state index in [2.05, 4.69) is 47.9 Å². The number of carbonyl (C=O) groups is 1. The molecule has 0 amide bonds. The molecule has 4 aliphatic rings. The molecule has 7 heteroatoms. The van der Waals surface area contributed by atoms with Gasteiger partial charge < -0.3 is 9.84 Å². The minimum Gasteiger partial charge on any atom is -0.458 e. The van der Waals surface area contributed by atoms with Crippen LogP contribution in [0.4, 0.5) is 0 Å². The third-order valence-electron chi connectivity index (χ3n) is 8.22. The molecule has 3 fully saturated rings. The van der Waals surface area contributed by atoms with Gasteiger partial charge in [-0.15, -0.1) is 5.54 Å². The first-order chi connectivity index (χ1) is 14.4. The summed E-state index contributed by atoms with van der Waals surface area (Å²) < 4.78 is 7.52. The van der Waals surface area contributed by atoms with E-state index in [0.29, 0.717) is 20.2 Å². The second-order valence-electron chi connectivity index (χ2n) is 10.6. The van der Waals surface area contributed by atoms with E-state index in [1.807, 2.05) is 13.8 Å². The van der Waals surface area contributed by atoms with Crippen LogP contribution < -0.4 is 5.56 Å². The van der Waals surface area contributed by atoms with Crippen LogP contribution in [0.5, 0.6) is 0 Å². The quantitative estimate of drug-likeness (QED) is 0.205. The van der Waals surface area contributed by atoms with Crippen LogP contribution in [0.15, 0.2) is 10.9 Å². The standard InChI is InChI=1S/C24H32INO4Si/c1-6-24(29)16-12-19(25)26(20(27)15(16)13-30-21(24)28)22(2,3)9-10-31-18-8-7-14-11-17(18)23(14,4)5/h12,14,17-18,29H,6-8,11,13,31H2,1-5H3/t14-,17+,18-,24-/m0/s1. The summed E-state index contributed by atoms with van der Waals surface area (Å²) in [7, 11) is -0.555. The van der Waals surface area contributed by atoms with Crippen LogP contribution in [0.25, 0.3) is 0 Å². The van der Waals surface area contributed by atoms with Crippen LogP contribution in [0, 0.1) is 32.4 Å². The Balaban J connectivity index is 1.63. The van der Waals surface area contributed by atoms with Crippen molar-refractivity contribution >= 4 is 38.1 Å². The number of ether oxygens (including phenoxy) is 1. The summed E-state index contributed by atoms with van der Waals surface area (Å²) in [5.41, 5.74) is 2.86. The van der Waals surface area contributed by atoms with Crippen molar-refractivity contribution in [2.75, 3.05) is 0 Å². The Bertz CT molecular complexity index is 1050. The average Bonchev–Trinajstić information content (AvgIpc) is 2.70. The van der Waals surface area contributed by atoms with Gasteiger partial charge in [0, 0.05) is 5.56 Å². The fraction of sp³-hybridized carbons (Fsp3) is 0.667. The molecule has 3 aliphatic carbocycles. The van der Waals surface area contributed by atoms with Crippen molar-refractivity contribution < 1.29 is 14.6 Å². The number of aromatic nitrogens is 1. The molecule has 1 aromatic rings. The van der Waals surface area contributed by atoms with E-state index in [0.717, 1.165) is 17.4 Å². The Morgan fingerprint density at radius 3 is 2.68 bits per heavy atom. The second kappa shape index (κ2) is 7.74. The molecule has 0 unspecified atom stereocenters. The largest absolute Gasteiger partial charge is 0.458 e. The van der Waals surface area contributed by atoms with E-state index in [1.54, 1.807) is 17.6 Å². The number of rotatable bonds is 3. The minimum absolute atomic E-state index is 0.107. The molecular weight excluding hydrogens is 521 g/mol. The van der Waals surface area contributed by atoms with E-state index in [9.17, 15) is 14.7 Å². The molecule has 3 saturated carbocycles. The molecule has 1 aromatic heterocycles. The first-order valence-corrected chi connectivity index (χ1v) is 13.9. The van der Waals surface area contributed by atoms with Crippen molar-refractivity contribution in [1.82, 2.24) is 4.57 Å². The van der Waals surface area contributed by atoms with Crippen LogP contribution in [-0.2, 0) is 27.3 Å². The van der Waals surface area contributed by atoms with Gasteiger partial charge in [-0.05, 0) is 84.6 Å². The molecule has 1 N–H and O–H groups in total. The van der Waals surface area contributed by atoms with Gasteiger partial charge in [0.15, 0.2) is 5.60 Å². The summed E-state index contributed by atoms with van der Waals surface area (Å²) in [6, 6.07) is 1.75. The highest BCUT2D eigenvalue weighted by atomic mass is 127. The SMILES string of the molecule is CC[C@@]1(O)C(=O)OCc2c1cc(I)n(C(C)(C)C#C[SiH2][C@H]1CC[C@H]3C[C@H]1C3(C)C)c2=O. The fourth-order valence-corrected chi connectivity index (χ4v) is 9.47. The number of hydrogen-bond acceptors (Lipinski definition) is 4. The summed E-state index contributed by atoms with van der Waals surface area (Å²) in [5.74, 6) is 4.46. The lowest BCUT2D eigenvalue weighted by molar-refractivity contribution is -0.172. The number of pyridine rings is 1. The number of halogens is 1. The lowest BCUT2D eigenvalue weighted by atomic mass is 9.48. The maximum atomic E-state index is 13.4. The summed E-state index contributed by atoms with van der Waals surface area (Å²) >= 11 is 2.11. The first kappa shape index (κ1) is 23.1. The summed E-state index contributed by atoms with van der Waals surface area (Å²) in [6.45, 7) is 10.4. The summed E-state index contributed by atoms with van der Waals surface area (Å²) in [4.78, 5) is 25.6. The molecular formula is C24H32INO4Si. The van der Waals surface area contributed by atoms with E-state index >= 15 is 0 Å². The Kier molecular flexibility index (Phi) is 5.75. The van der Waals surface area contributed by atoms with Crippen molar-refractivity contribution in [1.29, 1.82) is 0 Å². The second-order valence-corrected chi connectivity index (χ2v) is 13.5. The van der Waals surface area contributed by atoms with Gasteiger partial charge in [-0.1, -0.05) is 33.1 Å². The van der Waals surface area contributed by atoms with Gasteiger partial charge in [0.2, 0.25) is 0 Å². The van der Waals surface area contributed by atoms with E-state index in [4.69, 9.17) is 4.74 Å². The summed E-state index contributed by atoms with van der Waals surface area (Å²) in [6.07, 6.45) is 4.19. The monoisotopic (exact) mass is 553 g/mol. The lowest BCUT2D eigenvalue weighted by Gasteiger charge is -2.60. The van der Waals surface area contributed by atoms with Gasteiger partial charge in [-0.3, -0.25) is 9.36 Å². The third-order valence-corrected chi connectivity index (χ3v) is 10.9. The van der Waals surface area contributed by atoms with Crippen LogP contribution in [-0.4, -0.2) is 25.2 Å². The topological polar surface area (TPSA) is 68.5 Å². The van der Waals surface area contributed by atoms with E-state index in [-0.39, 0.29) is 18.6 Å². The molecule has 5 nitrogen and oxygen atoms in total. The van der Waals surface area contributed by atoms with Crippen LogP contribution in [0.1, 0.15) is 71.4 Å². The molecule has 2 heterocycles. The van der Waals surface area contributed by atoms with E-state index in [1.165, 1.54) is 19.3 Å². The smallest absolute Gasteiger partial charge is 0.343 e. The number of aliphatic hydroxyl groups is 1. The van der Waals surface area contributed by atoms with Crippen molar-refractivity contribution in [3.05, 3.63) is 31.2 Å². The number of nitrogens with zero attached hydrogens (tertiary/aromatic N) is 1. The number of fused-ring (bicyclic) bond motifs is 3. The van der Waals surface area contributed by atoms with Gasteiger partial charge in [0.1, 0.15) is 21.7 Å². The third kappa shape index (κ3) is 3.53. The minimum atomic E-state index is -1.76. The maximum absolute atomic E-state index is 13.4. The molecule has 0 saturated heterocycles. The van der Waals surface area contributed by atoms with Gasteiger partial charge in [0.05, 0.1) is 9.26 Å². The molecule has 31 heavy (non-hydrogen) atoms. The highest BCUT2D eigenvalue weighted by molar-refractivity contribution is 14.1. The molecule has 2 bridgehead atoms. The molecule has 1 aliphatic heterocycles. The van der Waals surface area contributed by atoms with Crippen LogP contribution in [0.3, 0.4) is 0 Å². The number of carbonyl (C=O) groups excluding carboxylic acids is 1. The number of hydrogen-bond donors (Lipinski definition) is 1. The average molecular weight is 554 g/mol.